The summed E-state index contributed by atoms with van der Waals surface area (Å²) in [6, 6.07) is 4.12. The number of morpholine rings is 1. The van der Waals surface area contributed by atoms with E-state index in [4.69, 9.17) is 16.3 Å². The molecule has 1 unspecified atom stereocenters. The van der Waals surface area contributed by atoms with Gasteiger partial charge in [-0.05, 0) is 42.2 Å². The number of amides is 1. The summed E-state index contributed by atoms with van der Waals surface area (Å²) in [6.45, 7) is 5.18. The second-order valence-electron chi connectivity index (χ2n) is 6.71. The number of hydrogen-bond acceptors (Lipinski definition) is 5. The van der Waals surface area contributed by atoms with E-state index in [2.05, 4.69) is 15.3 Å². The molecular weight excluding hydrogens is 352 g/mol. The zero-order chi connectivity index (χ0) is 18.1. The fourth-order valence-electron chi connectivity index (χ4n) is 3.59. The molecule has 0 aliphatic carbocycles. The molecule has 0 saturated carbocycles. The minimum Gasteiger partial charge on any atom is -0.378 e. The zero-order valence-electron chi connectivity index (χ0n) is 14.7. The van der Waals surface area contributed by atoms with Crippen LogP contribution in [-0.4, -0.2) is 47.1 Å². The number of aryl methyl sites for hydroxylation is 1. The maximum Gasteiger partial charge on any atom is 0.257 e. The van der Waals surface area contributed by atoms with Crippen LogP contribution >= 0.6 is 11.6 Å². The average molecular weight is 373 g/mol. The lowest BCUT2D eigenvalue weighted by Gasteiger charge is -2.33. The molecule has 0 bridgehead atoms. The maximum absolute atomic E-state index is 12.9. The van der Waals surface area contributed by atoms with Gasteiger partial charge in [0.25, 0.3) is 5.91 Å². The number of nitrogens with one attached hydrogen (secondary N) is 1. The summed E-state index contributed by atoms with van der Waals surface area (Å²) in [5.74, 6) is 0.621. The molecule has 0 spiro atoms. The van der Waals surface area contributed by atoms with Gasteiger partial charge >= 0.3 is 0 Å². The number of halogens is 1. The molecule has 1 fully saturated rings. The van der Waals surface area contributed by atoms with E-state index in [0.717, 1.165) is 30.2 Å². The lowest BCUT2D eigenvalue weighted by Crippen LogP contribution is -2.39. The Morgan fingerprint density at radius 3 is 2.88 bits per heavy atom. The fourth-order valence-corrected chi connectivity index (χ4v) is 3.84. The van der Waals surface area contributed by atoms with Crippen LogP contribution in [0.25, 0.3) is 0 Å². The minimum absolute atomic E-state index is 0.0376. The van der Waals surface area contributed by atoms with Gasteiger partial charge in [0.05, 0.1) is 24.8 Å². The molecule has 2 aliphatic heterocycles. The first kappa shape index (κ1) is 17.4. The summed E-state index contributed by atoms with van der Waals surface area (Å²) in [5, 5.41) is 4.22. The van der Waals surface area contributed by atoms with Gasteiger partial charge in [0, 0.05) is 37.1 Å². The van der Waals surface area contributed by atoms with Crippen molar-refractivity contribution in [3.63, 3.8) is 0 Å². The number of aromatic nitrogens is 2. The van der Waals surface area contributed by atoms with E-state index in [9.17, 15) is 4.79 Å². The number of benzene rings is 1. The third-order valence-corrected chi connectivity index (χ3v) is 5.17. The Hall–Kier alpha value is -2.02. The number of rotatable bonds is 2. The number of hydrogen-bond donors (Lipinski definition) is 1. The van der Waals surface area contributed by atoms with Crippen molar-refractivity contribution >= 4 is 17.5 Å². The predicted octanol–water partition coefficient (Wildman–Crippen LogP) is 2.30. The van der Waals surface area contributed by atoms with Crippen molar-refractivity contribution < 1.29 is 9.53 Å². The van der Waals surface area contributed by atoms with Crippen LogP contribution in [0.5, 0.6) is 0 Å². The molecule has 4 rings (SSSR count). The molecule has 0 radical (unpaired) electrons. The number of carbonyl (C=O) groups excluding carboxylic acids is 1. The second-order valence-corrected chi connectivity index (χ2v) is 7.15. The first-order valence-electron chi connectivity index (χ1n) is 8.82. The molecule has 3 heterocycles. The number of fused-ring (bicyclic) bond motifs is 1. The van der Waals surface area contributed by atoms with Crippen molar-refractivity contribution in [2.75, 3.05) is 26.3 Å². The van der Waals surface area contributed by atoms with Gasteiger partial charge in [0.15, 0.2) is 0 Å². The highest BCUT2D eigenvalue weighted by Crippen LogP contribution is 2.31. The molecule has 136 valence electrons. The van der Waals surface area contributed by atoms with E-state index >= 15 is 0 Å². The molecule has 7 heteroatoms. The molecule has 1 atom stereocenters. The first-order chi connectivity index (χ1) is 12.6. The molecule has 2 aromatic rings. The molecule has 1 aromatic carbocycles. The highest BCUT2D eigenvalue weighted by molar-refractivity contribution is 6.30. The summed E-state index contributed by atoms with van der Waals surface area (Å²) < 4.78 is 5.62. The largest absolute Gasteiger partial charge is 0.378 e. The Kier molecular flexibility index (Phi) is 4.89. The molecule has 1 aromatic heterocycles. The van der Waals surface area contributed by atoms with E-state index in [-0.39, 0.29) is 11.9 Å². The summed E-state index contributed by atoms with van der Waals surface area (Å²) >= 11 is 6.34. The quantitative estimate of drug-likeness (QED) is 0.876. The summed E-state index contributed by atoms with van der Waals surface area (Å²) in [4.78, 5) is 23.0. The summed E-state index contributed by atoms with van der Waals surface area (Å²) in [7, 11) is 0. The normalized spacial score (nSPS) is 19.9. The van der Waals surface area contributed by atoms with Crippen LogP contribution in [0.15, 0.2) is 24.5 Å². The van der Waals surface area contributed by atoms with Crippen LogP contribution in [0.3, 0.4) is 0 Å². The zero-order valence-corrected chi connectivity index (χ0v) is 15.4. The third-order valence-electron chi connectivity index (χ3n) is 4.95. The van der Waals surface area contributed by atoms with Crippen LogP contribution in [0, 0.1) is 6.92 Å². The predicted molar refractivity (Wildman–Crippen MR) is 98.2 cm³/mol. The fraction of sp³-hybridized carbons (Fsp3) is 0.421. The lowest BCUT2D eigenvalue weighted by atomic mass is 9.91. The van der Waals surface area contributed by atoms with E-state index in [0.29, 0.717) is 31.1 Å². The van der Waals surface area contributed by atoms with Gasteiger partial charge in [-0.3, -0.25) is 4.79 Å². The Bertz CT molecular complexity index is 819. The van der Waals surface area contributed by atoms with Crippen LogP contribution in [0.4, 0.5) is 0 Å². The van der Waals surface area contributed by atoms with Gasteiger partial charge < -0.3 is 15.0 Å². The molecular formula is C19H21ClN4O2. The highest BCUT2D eigenvalue weighted by Gasteiger charge is 2.28. The van der Waals surface area contributed by atoms with Crippen molar-refractivity contribution in [2.45, 2.75) is 25.9 Å². The number of carbonyl (C=O) groups is 1. The average Bonchev–Trinajstić information content (AvgIpc) is 2.68. The first-order valence-corrected chi connectivity index (χ1v) is 9.20. The Morgan fingerprint density at radius 2 is 2.15 bits per heavy atom. The van der Waals surface area contributed by atoms with Gasteiger partial charge in [0.2, 0.25) is 0 Å². The number of nitrogens with zero attached hydrogens (tertiary/aromatic N) is 3. The van der Waals surface area contributed by atoms with Gasteiger partial charge in [-0.1, -0.05) is 11.6 Å². The van der Waals surface area contributed by atoms with Crippen molar-refractivity contribution in [3.05, 3.63) is 57.6 Å². The van der Waals surface area contributed by atoms with Crippen molar-refractivity contribution in [3.8, 4) is 0 Å². The van der Waals surface area contributed by atoms with Gasteiger partial charge in [-0.25, -0.2) is 9.97 Å². The van der Waals surface area contributed by atoms with Crippen molar-refractivity contribution in [1.29, 1.82) is 0 Å². The topological polar surface area (TPSA) is 67.4 Å². The van der Waals surface area contributed by atoms with Crippen molar-refractivity contribution in [1.82, 2.24) is 20.2 Å². The lowest BCUT2D eigenvalue weighted by molar-refractivity contribution is 0.0715. The Morgan fingerprint density at radius 1 is 1.35 bits per heavy atom. The van der Waals surface area contributed by atoms with Crippen molar-refractivity contribution in [2.24, 2.45) is 0 Å². The summed E-state index contributed by atoms with van der Waals surface area (Å²) in [5.41, 5.74) is 4.03. The molecule has 1 amide bonds. The SMILES string of the molecule is Cc1ncc(C(=O)N2CCc3cc(Cl)cc(C4COCCN4)c3C2)cn1. The third kappa shape index (κ3) is 3.45. The van der Waals surface area contributed by atoms with Crippen LogP contribution in [0.1, 0.15) is 38.9 Å². The van der Waals surface area contributed by atoms with E-state index in [1.165, 1.54) is 11.1 Å². The highest BCUT2D eigenvalue weighted by atomic mass is 35.5. The van der Waals surface area contributed by atoms with Crippen LogP contribution < -0.4 is 5.32 Å². The van der Waals surface area contributed by atoms with E-state index < -0.39 is 0 Å². The van der Waals surface area contributed by atoms with Gasteiger partial charge in [0.1, 0.15) is 5.82 Å². The van der Waals surface area contributed by atoms with E-state index in [1.807, 2.05) is 17.0 Å². The van der Waals surface area contributed by atoms with E-state index in [1.54, 1.807) is 19.3 Å². The van der Waals surface area contributed by atoms with Gasteiger partial charge in [-0.15, -0.1) is 0 Å². The minimum atomic E-state index is -0.0376. The van der Waals surface area contributed by atoms with Gasteiger partial charge in [-0.2, -0.15) is 0 Å². The molecule has 6 nitrogen and oxygen atoms in total. The van der Waals surface area contributed by atoms with Crippen LogP contribution in [0.2, 0.25) is 5.02 Å². The summed E-state index contributed by atoms with van der Waals surface area (Å²) in [6.07, 6.45) is 3.98. The Labute approximate surface area is 157 Å². The maximum atomic E-state index is 12.9. The Balaban J connectivity index is 1.62. The standard InChI is InChI=1S/C19H21ClN4O2/c1-12-22-8-14(9-23-12)19(25)24-4-2-13-6-15(20)7-16(17(13)10-24)18-11-26-5-3-21-18/h6-9,18,21H,2-5,10-11H2,1H3. The number of ether oxygens (including phenoxy) is 1. The molecule has 1 saturated heterocycles. The molecule has 2 aliphatic rings. The van der Waals surface area contributed by atoms with Crippen LogP contribution in [-0.2, 0) is 17.7 Å². The smallest absolute Gasteiger partial charge is 0.257 e. The molecule has 1 N–H and O–H groups in total. The monoisotopic (exact) mass is 372 g/mol. The molecule has 26 heavy (non-hydrogen) atoms. The second kappa shape index (κ2) is 7.31.